The van der Waals surface area contributed by atoms with Gasteiger partial charge in [-0.15, -0.1) is 11.8 Å². The molecule has 0 spiro atoms. The number of Topliss-reactive ketones (excluding diaryl/α,β-unsaturated/α-hetero) is 1. The lowest BCUT2D eigenvalue weighted by molar-refractivity contribution is -0.133. The summed E-state index contributed by atoms with van der Waals surface area (Å²) in [5, 5.41) is 4.16. The Labute approximate surface area is 205 Å². The standard InChI is InChI=1S/C31H27NOS/c33-29-25-27(21-13-5-1-6-14-21)32-28(22-15-7-2-8-16-22)26(29)31(24-19-11-4-12-20-24)34-30(25)23-17-9-3-10-18-23/h1-20,25-28,30-32H. The molecule has 2 heterocycles. The van der Waals surface area contributed by atoms with Crippen LogP contribution < -0.4 is 5.32 Å². The predicted octanol–water partition coefficient (Wildman–Crippen LogP) is 7.10. The van der Waals surface area contributed by atoms with Gasteiger partial charge in [0, 0.05) is 22.6 Å². The third kappa shape index (κ3) is 3.79. The molecular weight excluding hydrogens is 434 g/mol. The van der Waals surface area contributed by atoms with Gasteiger partial charge in [0.15, 0.2) is 0 Å². The fourth-order valence-electron chi connectivity index (χ4n) is 5.71. The average Bonchev–Trinajstić information content (AvgIpc) is 2.91. The third-order valence-electron chi connectivity index (χ3n) is 7.25. The number of hydrogen-bond donors (Lipinski definition) is 1. The van der Waals surface area contributed by atoms with Crippen LogP contribution in [0.5, 0.6) is 0 Å². The molecular formula is C31H27NOS. The van der Waals surface area contributed by atoms with Crippen molar-refractivity contribution in [1.82, 2.24) is 5.32 Å². The number of ketones is 1. The van der Waals surface area contributed by atoms with Crippen LogP contribution in [0.2, 0.25) is 0 Å². The molecule has 168 valence electrons. The SMILES string of the molecule is O=C1C2C(c3ccccc3)NC(c3ccccc3)C1C(c1ccccc1)SC2c1ccccc1. The van der Waals surface area contributed by atoms with Crippen molar-refractivity contribution >= 4 is 17.5 Å². The van der Waals surface area contributed by atoms with Gasteiger partial charge in [-0.2, -0.15) is 0 Å². The van der Waals surface area contributed by atoms with Crippen LogP contribution in [0.25, 0.3) is 0 Å². The second kappa shape index (κ2) is 9.25. The smallest absolute Gasteiger partial charge is 0.145 e. The highest BCUT2D eigenvalue weighted by Gasteiger charge is 2.55. The molecule has 2 aliphatic rings. The summed E-state index contributed by atoms with van der Waals surface area (Å²) in [5.41, 5.74) is 4.82. The lowest BCUT2D eigenvalue weighted by Crippen LogP contribution is -2.54. The maximum absolute atomic E-state index is 14.5. The Hall–Kier alpha value is -3.14. The van der Waals surface area contributed by atoms with E-state index in [1.807, 2.05) is 23.9 Å². The Morgan fingerprint density at radius 1 is 0.471 bits per heavy atom. The second-order valence-electron chi connectivity index (χ2n) is 9.20. The van der Waals surface area contributed by atoms with Gasteiger partial charge in [0.25, 0.3) is 0 Å². The number of hydrogen-bond acceptors (Lipinski definition) is 3. The van der Waals surface area contributed by atoms with Crippen LogP contribution >= 0.6 is 11.8 Å². The topological polar surface area (TPSA) is 29.1 Å². The molecule has 0 aromatic heterocycles. The van der Waals surface area contributed by atoms with Gasteiger partial charge < -0.3 is 5.32 Å². The molecule has 0 aliphatic carbocycles. The lowest BCUT2D eigenvalue weighted by atomic mass is 9.69. The predicted molar refractivity (Wildman–Crippen MR) is 139 cm³/mol. The summed E-state index contributed by atoms with van der Waals surface area (Å²) in [7, 11) is 0. The highest BCUT2D eigenvalue weighted by Crippen LogP contribution is 2.61. The molecule has 6 unspecified atom stereocenters. The fourth-order valence-corrected chi connectivity index (χ4v) is 7.58. The molecule has 2 nitrogen and oxygen atoms in total. The minimum Gasteiger partial charge on any atom is -0.302 e. The zero-order valence-corrected chi connectivity index (χ0v) is 19.6. The van der Waals surface area contributed by atoms with Gasteiger partial charge in [0.1, 0.15) is 5.78 Å². The molecule has 6 atom stereocenters. The van der Waals surface area contributed by atoms with Gasteiger partial charge >= 0.3 is 0 Å². The number of rotatable bonds is 4. The van der Waals surface area contributed by atoms with Gasteiger partial charge in [-0.1, -0.05) is 121 Å². The minimum absolute atomic E-state index is 0.0374. The number of benzene rings is 4. The van der Waals surface area contributed by atoms with E-state index in [0.29, 0.717) is 5.78 Å². The van der Waals surface area contributed by atoms with Crippen molar-refractivity contribution in [1.29, 1.82) is 0 Å². The first-order chi connectivity index (χ1) is 16.8. The Kier molecular flexibility index (Phi) is 5.82. The summed E-state index contributed by atoms with van der Waals surface area (Å²) in [6, 6.07) is 42.1. The second-order valence-corrected chi connectivity index (χ2v) is 10.5. The molecule has 4 aromatic carbocycles. The molecule has 6 rings (SSSR count). The highest BCUT2D eigenvalue weighted by atomic mass is 32.2. The Morgan fingerprint density at radius 3 is 1.15 bits per heavy atom. The van der Waals surface area contributed by atoms with E-state index in [1.165, 1.54) is 22.3 Å². The van der Waals surface area contributed by atoms with Crippen molar-refractivity contribution in [3.63, 3.8) is 0 Å². The number of carbonyl (C=O) groups is 1. The van der Waals surface area contributed by atoms with Crippen LogP contribution in [-0.4, -0.2) is 5.78 Å². The van der Waals surface area contributed by atoms with E-state index in [-0.39, 0.29) is 34.4 Å². The Balaban J connectivity index is 1.52. The van der Waals surface area contributed by atoms with Crippen LogP contribution in [0, 0.1) is 11.8 Å². The quantitative estimate of drug-likeness (QED) is 0.351. The van der Waals surface area contributed by atoms with E-state index < -0.39 is 0 Å². The average molecular weight is 462 g/mol. The third-order valence-corrected chi connectivity index (χ3v) is 8.97. The van der Waals surface area contributed by atoms with Crippen LogP contribution in [0.1, 0.15) is 44.8 Å². The maximum atomic E-state index is 14.5. The van der Waals surface area contributed by atoms with Gasteiger partial charge in [-0.25, -0.2) is 0 Å². The van der Waals surface area contributed by atoms with Crippen molar-refractivity contribution in [2.45, 2.75) is 22.6 Å². The largest absolute Gasteiger partial charge is 0.302 e. The van der Waals surface area contributed by atoms with Crippen molar-refractivity contribution < 1.29 is 4.79 Å². The van der Waals surface area contributed by atoms with Gasteiger partial charge in [0.05, 0.1) is 11.8 Å². The first-order valence-corrected chi connectivity index (χ1v) is 12.9. The summed E-state index contributed by atoms with van der Waals surface area (Å²) >= 11 is 1.97. The van der Waals surface area contributed by atoms with Crippen molar-refractivity contribution in [3.05, 3.63) is 144 Å². The molecule has 4 aromatic rings. The van der Waals surface area contributed by atoms with E-state index in [1.54, 1.807) is 0 Å². The Bertz CT molecular complexity index is 1060. The minimum atomic E-state index is -0.125. The summed E-state index contributed by atoms with van der Waals surface area (Å²) < 4.78 is 0. The Morgan fingerprint density at radius 2 is 0.794 bits per heavy atom. The number of carbonyl (C=O) groups excluding carboxylic acids is 1. The van der Waals surface area contributed by atoms with Gasteiger partial charge in [-0.3, -0.25) is 4.79 Å². The molecule has 2 bridgehead atoms. The molecule has 3 heteroatoms. The van der Waals surface area contributed by atoms with E-state index in [2.05, 4.69) is 115 Å². The number of piperidine rings is 1. The highest BCUT2D eigenvalue weighted by molar-refractivity contribution is 8.00. The van der Waals surface area contributed by atoms with Crippen molar-refractivity contribution in [3.8, 4) is 0 Å². The molecule has 0 saturated carbocycles. The van der Waals surface area contributed by atoms with Crippen molar-refractivity contribution in [2.75, 3.05) is 0 Å². The van der Waals surface area contributed by atoms with Crippen LogP contribution in [0.15, 0.2) is 121 Å². The molecule has 1 N–H and O–H groups in total. The fraction of sp³-hybridized carbons (Fsp3) is 0.194. The number of fused-ring (bicyclic) bond motifs is 2. The first kappa shape index (κ1) is 21.4. The number of nitrogens with one attached hydrogen (secondary N) is 1. The van der Waals surface area contributed by atoms with Crippen molar-refractivity contribution in [2.24, 2.45) is 11.8 Å². The monoisotopic (exact) mass is 461 g/mol. The molecule has 2 aliphatic heterocycles. The molecule has 34 heavy (non-hydrogen) atoms. The van der Waals surface area contributed by atoms with Crippen LogP contribution in [0.3, 0.4) is 0 Å². The van der Waals surface area contributed by atoms with Gasteiger partial charge in [-0.05, 0) is 22.3 Å². The van der Waals surface area contributed by atoms with E-state index in [4.69, 9.17) is 0 Å². The molecule has 2 saturated heterocycles. The van der Waals surface area contributed by atoms with E-state index >= 15 is 0 Å². The summed E-state index contributed by atoms with van der Waals surface area (Å²) in [5.74, 6) is 0.127. The summed E-state index contributed by atoms with van der Waals surface area (Å²) in [6.07, 6.45) is 0. The summed E-state index contributed by atoms with van der Waals surface area (Å²) in [4.78, 5) is 14.5. The lowest BCUT2D eigenvalue weighted by Gasteiger charge is -2.51. The first-order valence-electron chi connectivity index (χ1n) is 12.0. The van der Waals surface area contributed by atoms with E-state index in [9.17, 15) is 4.79 Å². The molecule has 0 radical (unpaired) electrons. The molecule has 0 amide bonds. The number of thioether (sulfide) groups is 1. The zero-order chi connectivity index (χ0) is 22.9. The van der Waals surface area contributed by atoms with E-state index in [0.717, 1.165) is 0 Å². The normalized spacial score (nSPS) is 28.4. The zero-order valence-electron chi connectivity index (χ0n) is 18.8. The van der Waals surface area contributed by atoms with Crippen LogP contribution in [0.4, 0.5) is 0 Å². The van der Waals surface area contributed by atoms with Crippen LogP contribution in [-0.2, 0) is 4.79 Å². The summed E-state index contributed by atoms with van der Waals surface area (Å²) in [6.45, 7) is 0. The van der Waals surface area contributed by atoms with Gasteiger partial charge in [0.2, 0.25) is 0 Å². The molecule has 2 fully saturated rings. The maximum Gasteiger partial charge on any atom is 0.145 e.